The molecule has 14 heavy (non-hydrogen) atoms. The summed E-state index contributed by atoms with van der Waals surface area (Å²) < 4.78 is 0. The van der Waals surface area contributed by atoms with Gasteiger partial charge >= 0.3 is 0 Å². The quantitative estimate of drug-likeness (QED) is 0.667. The maximum absolute atomic E-state index is 9.02. The number of nitriles is 1. The van der Waals surface area contributed by atoms with Crippen molar-refractivity contribution in [2.24, 2.45) is 5.10 Å². The van der Waals surface area contributed by atoms with Gasteiger partial charge in [-0.2, -0.15) is 10.4 Å². The Kier molecular flexibility index (Phi) is 4.24. The number of nitrogens with zero attached hydrogens (tertiary/aromatic N) is 4. The summed E-state index contributed by atoms with van der Waals surface area (Å²) in [5, 5.41) is 15.1. The van der Waals surface area contributed by atoms with Gasteiger partial charge in [-0.25, -0.2) is 0 Å². The Morgan fingerprint density at radius 2 is 2.14 bits per heavy atom. The third-order valence-electron chi connectivity index (χ3n) is 2.28. The minimum atomic E-state index is -0.179. The van der Waals surface area contributed by atoms with E-state index < -0.39 is 0 Å². The maximum atomic E-state index is 9.02. The monoisotopic (exact) mass is 194 g/mol. The number of hydrogen-bond acceptors (Lipinski definition) is 4. The lowest BCUT2D eigenvalue weighted by molar-refractivity contribution is 0.176. The van der Waals surface area contributed by atoms with Gasteiger partial charge in [0.05, 0.1) is 0 Å². The van der Waals surface area contributed by atoms with Crippen LogP contribution in [0.5, 0.6) is 0 Å². The van der Waals surface area contributed by atoms with Crippen LogP contribution < -0.4 is 0 Å². The molecule has 1 aliphatic heterocycles. The molecule has 0 bridgehead atoms. The zero-order valence-electron chi connectivity index (χ0n) is 8.98. The maximum Gasteiger partial charge on any atom is 0.207 e. The molecule has 0 aromatic carbocycles. The Balaban J connectivity index is 2.47. The number of unbranched alkanes of at least 4 members (excludes halogenated alkanes) is 1. The van der Waals surface area contributed by atoms with Crippen LogP contribution in [0.3, 0.4) is 0 Å². The fourth-order valence-corrected chi connectivity index (χ4v) is 1.50. The molecule has 0 aromatic rings. The standard InChI is InChI=1S/C10H18N4/c1-3-5-7-13-9-12-14(6-4-2)10(13)8-11/h9-10H,3-7H2,1-2H3. The lowest BCUT2D eigenvalue weighted by Gasteiger charge is -2.24. The Morgan fingerprint density at radius 3 is 2.71 bits per heavy atom. The smallest absolute Gasteiger partial charge is 0.207 e. The Hall–Kier alpha value is -1.24. The van der Waals surface area contributed by atoms with Crippen LogP contribution in [0.4, 0.5) is 0 Å². The molecule has 1 unspecified atom stereocenters. The van der Waals surface area contributed by atoms with E-state index in [1.807, 2.05) is 9.91 Å². The number of hydrazone groups is 1. The normalized spacial score (nSPS) is 20.2. The van der Waals surface area contributed by atoms with Crippen LogP contribution in [0.2, 0.25) is 0 Å². The van der Waals surface area contributed by atoms with Crippen LogP contribution >= 0.6 is 0 Å². The van der Waals surface area contributed by atoms with Crippen molar-refractivity contribution in [2.75, 3.05) is 13.1 Å². The number of rotatable bonds is 5. The van der Waals surface area contributed by atoms with Gasteiger partial charge in [0, 0.05) is 13.1 Å². The Labute approximate surface area is 85.8 Å². The molecule has 0 spiro atoms. The lowest BCUT2D eigenvalue weighted by Crippen LogP contribution is -2.39. The van der Waals surface area contributed by atoms with Crippen LogP contribution in [0.1, 0.15) is 33.1 Å². The van der Waals surface area contributed by atoms with Crippen LogP contribution in [0, 0.1) is 11.3 Å². The molecule has 1 atom stereocenters. The van der Waals surface area contributed by atoms with Gasteiger partial charge in [-0.1, -0.05) is 20.3 Å². The number of hydrogen-bond donors (Lipinski definition) is 0. The van der Waals surface area contributed by atoms with Gasteiger partial charge in [-0.05, 0) is 12.8 Å². The Bertz CT molecular complexity index is 231. The second-order valence-electron chi connectivity index (χ2n) is 3.49. The summed E-state index contributed by atoms with van der Waals surface area (Å²) in [6, 6.07) is 2.28. The Morgan fingerprint density at radius 1 is 1.36 bits per heavy atom. The molecule has 78 valence electrons. The van der Waals surface area contributed by atoms with Crippen molar-refractivity contribution in [2.45, 2.75) is 39.3 Å². The van der Waals surface area contributed by atoms with Crippen molar-refractivity contribution in [1.29, 1.82) is 5.26 Å². The van der Waals surface area contributed by atoms with E-state index in [2.05, 4.69) is 25.0 Å². The average Bonchev–Trinajstić information content (AvgIpc) is 2.58. The van der Waals surface area contributed by atoms with E-state index in [1.54, 1.807) is 6.34 Å². The fourth-order valence-electron chi connectivity index (χ4n) is 1.50. The second-order valence-corrected chi connectivity index (χ2v) is 3.49. The summed E-state index contributed by atoms with van der Waals surface area (Å²) in [4.78, 5) is 2.01. The first kappa shape index (κ1) is 10.8. The summed E-state index contributed by atoms with van der Waals surface area (Å²) >= 11 is 0. The molecule has 0 saturated carbocycles. The molecule has 4 heteroatoms. The van der Waals surface area contributed by atoms with Crippen molar-refractivity contribution >= 4 is 6.34 Å². The molecule has 0 N–H and O–H groups in total. The van der Waals surface area contributed by atoms with E-state index in [-0.39, 0.29) is 6.17 Å². The molecule has 0 fully saturated rings. The van der Waals surface area contributed by atoms with E-state index >= 15 is 0 Å². The van der Waals surface area contributed by atoms with E-state index in [9.17, 15) is 0 Å². The lowest BCUT2D eigenvalue weighted by atomic mass is 10.3. The first-order valence-electron chi connectivity index (χ1n) is 5.29. The largest absolute Gasteiger partial charge is 0.328 e. The van der Waals surface area contributed by atoms with Crippen LogP contribution in [-0.4, -0.2) is 35.5 Å². The summed E-state index contributed by atoms with van der Waals surface area (Å²) in [6.45, 7) is 6.03. The topological polar surface area (TPSA) is 42.6 Å². The first-order valence-corrected chi connectivity index (χ1v) is 5.29. The van der Waals surface area contributed by atoms with Crippen LogP contribution in [0.15, 0.2) is 5.10 Å². The van der Waals surface area contributed by atoms with Crippen molar-refractivity contribution in [3.05, 3.63) is 0 Å². The predicted octanol–water partition coefficient (Wildman–Crippen LogP) is 1.61. The minimum absolute atomic E-state index is 0.179. The highest BCUT2D eigenvalue weighted by Crippen LogP contribution is 2.12. The van der Waals surface area contributed by atoms with Gasteiger partial charge in [0.2, 0.25) is 6.17 Å². The molecule has 0 aliphatic carbocycles. The van der Waals surface area contributed by atoms with E-state index in [0.717, 1.165) is 32.4 Å². The average molecular weight is 194 g/mol. The van der Waals surface area contributed by atoms with Crippen LogP contribution in [0.25, 0.3) is 0 Å². The van der Waals surface area contributed by atoms with Crippen molar-refractivity contribution in [3.8, 4) is 6.07 Å². The van der Waals surface area contributed by atoms with Gasteiger partial charge in [-0.15, -0.1) is 0 Å². The van der Waals surface area contributed by atoms with Gasteiger partial charge in [-0.3, -0.25) is 5.01 Å². The van der Waals surface area contributed by atoms with E-state index in [4.69, 9.17) is 5.26 Å². The molecule has 0 amide bonds. The summed E-state index contributed by atoms with van der Waals surface area (Å²) in [5.41, 5.74) is 0. The second kappa shape index (κ2) is 5.48. The zero-order chi connectivity index (χ0) is 10.4. The van der Waals surface area contributed by atoms with Crippen molar-refractivity contribution in [3.63, 3.8) is 0 Å². The van der Waals surface area contributed by atoms with Gasteiger partial charge in [0.15, 0.2) is 0 Å². The fraction of sp³-hybridized carbons (Fsp3) is 0.800. The van der Waals surface area contributed by atoms with Gasteiger partial charge < -0.3 is 4.90 Å². The highest BCUT2D eigenvalue weighted by Gasteiger charge is 2.25. The SMILES string of the molecule is CCCCN1C=NN(CCC)C1C#N. The molecule has 1 aliphatic rings. The molecule has 0 aromatic heterocycles. The highest BCUT2D eigenvalue weighted by molar-refractivity contribution is 5.58. The molecule has 0 saturated heterocycles. The summed E-state index contributed by atoms with van der Waals surface area (Å²) in [6.07, 6.45) is 4.90. The summed E-state index contributed by atoms with van der Waals surface area (Å²) in [7, 11) is 0. The molecule has 0 radical (unpaired) electrons. The highest BCUT2D eigenvalue weighted by atomic mass is 15.6. The molecule has 1 heterocycles. The minimum Gasteiger partial charge on any atom is -0.328 e. The zero-order valence-corrected chi connectivity index (χ0v) is 8.98. The van der Waals surface area contributed by atoms with E-state index in [1.165, 1.54) is 0 Å². The molecular formula is C10H18N4. The molecule has 1 rings (SSSR count). The predicted molar refractivity (Wildman–Crippen MR) is 56.5 cm³/mol. The molecule has 4 nitrogen and oxygen atoms in total. The van der Waals surface area contributed by atoms with Crippen molar-refractivity contribution in [1.82, 2.24) is 9.91 Å². The summed E-state index contributed by atoms with van der Waals surface area (Å²) in [5.74, 6) is 0. The van der Waals surface area contributed by atoms with Gasteiger partial charge in [0.25, 0.3) is 0 Å². The van der Waals surface area contributed by atoms with Crippen LogP contribution in [-0.2, 0) is 0 Å². The third kappa shape index (κ3) is 2.38. The third-order valence-corrected chi connectivity index (χ3v) is 2.28. The first-order chi connectivity index (χ1) is 6.83. The van der Waals surface area contributed by atoms with Gasteiger partial charge in [0.1, 0.15) is 12.4 Å². The van der Waals surface area contributed by atoms with E-state index in [0.29, 0.717) is 0 Å². The molecular weight excluding hydrogens is 176 g/mol. The van der Waals surface area contributed by atoms with Crippen molar-refractivity contribution < 1.29 is 0 Å².